The zero-order valence-electron chi connectivity index (χ0n) is 18.7. The van der Waals surface area contributed by atoms with Crippen LogP contribution in [0.2, 0.25) is 5.02 Å². The van der Waals surface area contributed by atoms with Crippen molar-refractivity contribution < 1.29 is 9.59 Å². The fourth-order valence-corrected chi connectivity index (χ4v) is 5.42. The molecule has 2 aromatic heterocycles. The van der Waals surface area contributed by atoms with Crippen molar-refractivity contribution in [3.05, 3.63) is 112 Å². The van der Waals surface area contributed by atoms with Crippen molar-refractivity contribution in [1.82, 2.24) is 4.98 Å². The number of aryl methyl sites for hydroxylation is 1. The molecule has 0 saturated carbocycles. The van der Waals surface area contributed by atoms with Crippen molar-refractivity contribution in [2.75, 3.05) is 11.1 Å². The molecule has 0 aliphatic heterocycles. The van der Waals surface area contributed by atoms with Gasteiger partial charge in [-0.05, 0) is 25.1 Å². The molecule has 1 amide bonds. The summed E-state index contributed by atoms with van der Waals surface area (Å²) in [5, 5.41) is 3.96. The highest BCUT2D eigenvalue weighted by Gasteiger charge is 2.27. The van der Waals surface area contributed by atoms with Gasteiger partial charge in [0.25, 0.3) is 5.91 Å². The summed E-state index contributed by atoms with van der Waals surface area (Å²) in [6.07, 6.45) is 0. The van der Waals surface area contributed by atoms with E-state index in [-0.39, 0.29) is 17.4 Å². The number of thiophene rings is 1. The first-order valence-corrected chi connectivity index (χ1v) is 12.1. The standard InChI is InChI=1S/C28H20ClN3O2S/c1-16-21(27(34)32-18-12-6-3-7-13-18)22(19-14-8-9-15-20(19)29)23-24(30)26(35-28(23)31-16)25(33)17-10-4-2-5-11-17/h2-15H,30H2,1H3,(H,32,34). The first kappa shape index (κ1) is 22.8. The minimum absolute atomic E-state index is 0.191. The summed E-state index contributed by atoms with van der Waals surface area (Å²) in [6, 6.07) is 25.4. The number of benzene rings is 3. The van der Waals surface area contributed by atoms with Crippen LogP contribution < -0.4 is 11.1 Å². The topological polar surface area (TPSA) is 85.1 Å². The number of nitrogens with one attached hydrogen (secondary N) is 1. The van der Waals surface area contributed by atoms with Crippen LogP contribution in [0.4, 0.5) is 11.4 Å². The van der Waals surface area contributed by atoms with E-state index in [0.717, 1.165) is 0 Å². The molecule has 0 aliphatic rings. The van der Waals surface area contributed by atoms with Crippen LogP contribution >= 0.6 is 22.9 Å². The van der Waals surface area contributed by atoms with Gasteiger partial charge < -0.3 is 11.1 Å². The number of hydrogen-bond donors (Lipinski definition) is 2. The number of aromatic nitrogens is 1. The van der Waals surface area contributed by atoms with E-state index in [4.69, 9.17) is 22.3 Å². The van der Waals surface area contributed by atoms with Gasteiger partial charge in [0.05, 0.1) is 16.9 Å². The molecular formula is C28H20ClN3O2S. The number of ketones is 1. The molecule has 0 bridgehead atoms. The Labute approximate surface area is 211 Å². The SMILES string of the molecule is Cc1nc2sc(C(=O)c3ccccc3)c(N)c2c(-c2ccccc2Cl)c1C(=O)Nc1ccccc1. The zero-order chi connectivity index (χ0) is 24.5. The second-order valence-corrected chi connectivity index (χ2v) is 9.37. The number of halogens is 1. The van der Waals surface area contributed by atoms with Gasteiger partial charge >= 0.3 is 0 Å². The minimum Gasteiger partial charge on any atom is -0.397 e. The second kappa shape index (κ2) is 9.33. The van der Waals surface area contributed by atoms with Gasteiger partial charge in [0.2, 0.25) is 5.78 Å². The van der Waals surface area contributed by atoms with Crippen LogP contribution in [0.15, 0.2) is 84.9 Å². The molecule has 5 rings (SSSR count). The van der Waals surface area contributed by atoms with Gasteiger partial charge in [-0.3, -0.25) is 9.59 Å². The van der Waals surface area contributed by atoms with Crippen LogP contribution in [0.25, 0.3) is 21.3 Å². The van der Waals surface area contributed by atoms with E-state index in [1.807, 2.05) is 54.6 Å². The van der Waals surface area contributed by atoms with Gasteiger partial charge in [0.1, 0.15) is 9.71 Å². The van der Waals surface area contributed by atoms with Crippen LogP contribution in [0.5, 0.6) is 0 Å². The zero-order valence-corrected chi connectivity index (χ0v) is 20.3. The predicted octanol–water partition coefficient (Wildman–Crippen LogP) is 6.99. The van der Waals surface area contributed by atoms with Crippen molar-refractivity contribution >= 4 is 56.2 Å². The maximum Gasteiger partial charge on any atom is 0.258 e. The Balaban J connectivity index is 1.77. The monoisotopic (exact) mass is 497 g/mol. The van der Waals surface area contributed by atoms with Crippen LogP contribution in [0.3, 0.4) is 0 Å². The van der Waals surface area contributed by atoms with Crippen molar-refractivity contribution in [1.29, 1.82) is 0 Å². The molecule has 0 aliphatic carbocycles. The Bertz CT molecular complexity index is 1580. The molecule has 7 heteroatoms. The lowest BCUT2D eigenvalue weighted by Gasteiger charge is -2.16. The summed E-state index contributed by atoms with van der Waals surface area (Å²) < 4.78 is 0. The van der Waals surface area contributed by atoms with E-state index in [2.05, 4.69) is 5.32 Å². The quantitative estimate of drug-likeness (QED) is 0.256. The number of carbonyl (C=O) groups is 2. The van der Waals surface area contributed by atoms with Crippen LogP contribution in [0, 0.1) is 6.92 Å². The number of fused-ring (bicyclic) bond motifs is 1. The number of rotatable bonds is 5. The molecule has 0 radical (unpaired) electrons. The Hall–Kier alpha value is -4.00. The molecule has 2 heterocycles. The molecule has 0 atom stereocenters. The van der Waals surface area contributed by atoms with Crippen LogP contribution in [-0.4, -0.2) is 16.7 Å². The summed E-state index contributed by atoms with van der Waals surface area (Å²) >= 11 is 7.83. The number of para-hydroxylation sites is 1. The lowest BCUT2D eigenvalue weighted by Crippen LogP contribution is -2.16. The highest BCUT2D eigenvalue weighted by molar-refractivity contribution is 7.21. The normalized spacial score (nSPS) is 10.9. The van der Waals surface area contributed by atoms with E-state index >= 15 is 0 Å². The first-order valence-electron chi connectivity index (χ1n) is 10.9. The Morgan fingerprint density at radius 3 is 2.23 bits per heavy atom. The smallest absolute Gasteiger partial charge is 0.258 e. The lowest BCUT2D eigenvalue weighted by atomic mass is 9.94. The van der Waals surface area contributed by atoms with Crippen molar-refractivity contribution in [3.63, 3.8) is 0 Å². The number of pyridine rings is 1. The van der Waals surface area contributed by atoms with Gasteiger partial charge in [-0.1, -0.05) is 78.3 Å². The summed E-state index contributed by atoms with van der Waals surface area (Å²) in [5.74, 6) is -0.524. The fraction of sp³-hybridized carbons (Fsp3) is 0.0357. The predicted molar refractivity (Wildman–Crippen MR) is 143 cm³/mol. The van der Waals surface area contributed by atoms with E-state index in [1.54, 1.807) is 37.3 Å². The second-order valence-electron chi connectivity index (χ2n) is 7.97. The molecule has 0 fully saturated rings. The molecule has 0 spiro atoms. The lowest BCUT2D eigenvalue weighted by molar-refractivity contribution is 0.102. The number of hydrogen-bond acceptors (Lipinski definition) is 5. The maximum absolute atomic E-state index is 13.6. The maximum atomic E-state index is 13.6. The molecule has 5 aromatic rings. The molecule has 0 saturated heterocycles. The average Bonchev–Trinajstić information content (AvgIpc) is 3.19. The Morgan fingerprint density at radius 1 is 0.914 bits per heavy atom. The van der Waals surface area contributed by atoms with Crippen molar-refractivity contribution in [3.8, 4) is 11.1 Å². The highest BCUT2D eigenvalue weighted by Crippen LogP contribution is 2.44. The van der Waals surface area contributed by atoms with E-state index in [9.17, 15) is 9.59 Å². The number of carbonyl (C=O) groups excluding carboxylic acids is 2. The Morgan fingerprint density at radius 2 is 1.54 bits per heavy atom. The van der Waals surface area contributed by atoms with Gasteiger partial charge in [-0.25, -0.2) is 4.98 Å². The molecule has 35 heavy (non-hydrogen) atoms. The van der Waals surface area contributed by atoms with E-state index < -0.39 is 0 Å². The minimum atomic E-state index is -0.334. The fourth-order valence-electron chi connectivity index (χ4n) is 4.08. The number of nitrogens with two attached hydrogens (primary N) is 1. The number of nitrogen functional groups attached to an aromatic ring is 1. The van der Waals surface area contributed by atoms with Crippen LogP contribution in [-0.2, 0) is 0 Å². The largest absolute Gasteiger partial charge is 0.397 e. The van der Waals surface area contributed by atoms with E-state index in [0.29, 0.717) is 53.8 Å². The van der Waals surface area contributed by atoms with Gasteiger partial charge in [-0.2, -0.15) is 0 Å². The summed E-state index contributed by atoms with van der Waals surface area (Å²) in [6.45, 7) is 1.77. The molecular weight excluding hydrogens is 478 g/mol. The van der Waals surface area contributed by atoms with Gasteiger partial charge in [0, 0.05) is 32.8 Å². The number of amides is 1. The number of anilines is 2. The van der Waals surface area contributed by atoms with Gasteiger partial charge in [0.15, 0.2) is 0 Å². The van der Waals surface area contributed by atoms with Crippen molar-refractivity contribution in [2.24, 2.45) is 0 Å². The third-order valence-electron chi connectivity index (χ3n) is 5.70. The average molecular weight is 498 g/mol. The van der Waals surface area contributed by atoms with Crippen LogP contribution in [0.1, 0.15) is 31.3 Å². The van der Waals surface area contributed by atoms with Crippen molar-refractivity contribution in [2.45, 2.75) is 6.92 Å². The first-order chi connectivity index (χ1) is 17.0. The summed E-state index contributed by atoms with van der Waals surface area (Å²) in [4.78, 5) is 32.5. The molecule has 3 aromatic carbocycles. The summed E-state index contributed by atoms with van der Waals surface area (Å²) in [5.41, 5.74) is 10.2. The third-order valence-corrected chi connectivity index (χ3v) is 7.13. The Kier molecular flexibility index (Phi) is 6.07. The summed E-state index contributed by atoms with van der Waals surface area (Å²) in [7, 11) is 0. The molecule has 0 unspecified atom stereocenters. The molecule has 172 valence electrons. The molecule has 5 nitrogen and oxygen atoms in total. The van der Waals surface area contributed by atoms with E-state index in [1.165, 1.54) is 11.3 Å². The third kappa shape index (κ3) is 4.18. The molecule has 3 N–H and O–H groups in total. The highest BCUT2D eigenvalue weighted by atomic mass is 35.5. The number of nitrogens with zero attached hydrogens (tertiary/aromatic N) is 1. The van der Waals surface area contributed by atoms with Gasteiger partial charge in [-0.15, -0.1) is 11.3 Å².